The summed E-state index contributed by atoms with van der Waals surface area (Å²) >= 11 is 0. The molecule has 0 radical (unpaired) electrons. The van der Waals surface area contributed by atoms with Crippen molar-refractivity contribution in [1.29, 1.82) is 0 Å². The van der Waals surface area contributed by atoms with Gasteiger partial charge in [-0.2, -0.15) is 0 Å². The molecule has 1 aromatic heterocycles. The first-order chi connectivity index (χ1) is 17.0. The van der Waals surface area contributed by atoms with Gasteiger partial charge in [-0.25, -0.2) is 0 Å². The number of benzene rings is 2. The van der Waals surface area contributed by atoms with E-state index in [0.717, 1.165) is 16.6 Å². The fraction of sp³-hybridized carbons (Fsp3) is 0.346. The Morgan fingerprint density at radius 1 is 0.914 bits per heavy atom. The van der Waals surface area contributed by atoms with Gasteiger partial charge in [0.1, 0.15) is 0 Å². The fourth-order valence-corrected chi connectivity index (χ4v) is 4.58. The lowest BCUT2D eigenvalue weighted by Crippen LogP contribution is -2.41. The Labute approximate surface area is 202 Å². The van der Waals surface area contributed by atoms with E-state index in [4.69, 9.17) is 9.47 Å². The molecule has 35 heavy (non-hydrogen) atoms. The lowest BCUT2D eigenvalue weighted by molar-refractivity contribution is 0.0303. The summed E-state index contributed by atoms with van der Waals surface area (Å²) in [6.07, 6.45) is 0. The highest BCUT2D eigenvalue weighted by molar-refractivity contribution is 6.10. The van der Waals surface area contributed by atoms with Crippen molar-refractivity contribution in [2.75, 3.05) is 62.8 Å². The van der Waals surface area contributed by atoms with Gasteiger partial charge < -0.3 is 29.6 Å². The number of morpholine rings is 2. The minimum Gasteiger partial charge on any atom is -0.378 e. The zero-order valence-corrected chi connectivity index (χ0v) is 19.6. The number of amides is 2. The maximum Gasteiger partial charge on any atom is 0.257 e. The number of pyridine rings is 1. The number of aromatic amines is 1. The van der Waals surface area contributed by atoms with Crippen LogP contribution >= 0.6 is 0 Å². The second kappa shape index (κ2) is 9.89. The van der Waals surface area contributed by atoms with Crippen LogP contribution in [0.25, 0.3) is 10.9 Å². The van der Waals surface area contributed by atoms with Crippen molar-refractivity contribution >= 4 is 34.1 Å². The standard InChI is InChI=1S/C26H28N4O5/c1-17-14-24(31)28-22-4-3-19(16-20(17)22)27-25(32)21-15-18(26(33)30-8-12-35-13-9-30)2-5-23(21)29-6-10-34-11-7-29/h2-5,14-16H,6-13H2,1H3,(H,27,32)(H,28,31). The highest BCUT2D eigenvalue weighted by atomic mass is 16.5. The molecule has 2 N–H and O–H groups in total. The van der Waals surface area contributed by atoms with Crippen LogP contribution < -0.4 is 15.8 Å². The van der Waals surface area contributed by atoms with E-state index in [1.807, 2.05) is 19.1 Å². The van der Waals surface area contributed by atoms with Gasteiger partial charge >= 0.3 is 0 Å². The van der Waals surface area contributed by atoms with Crippen LogP contribution in [0.2, 0.25) is 0 Å². The maximum absolute atomic E-state index is 13.5. The fourth-order valence-electron chi connectivity index (χ4n) is 4.58. The molecule has 0 saturated carbocycles. The Bertz CT molecular complexity index is 1320. The number of carbonyl (C=O) groups excluding carboxylic acids is 2. The summed E-state index contributed by atoms with van der Waals surface area (Å²) < 4.78 is 10.8. The SMILES string of the molecule is Cc1cc(=O)[nH]c2ccc(NC(=O)c3cc(C(=O)N4CCOCC4)ccc3N3CCOCC3)cc12. The molecule has 2 saturated heterocycles. The van der Waals surface area contributed by atoms with E-state index >= 15 is 0 Å². The van der Waals surface area contributed by atoms with Gasteiger partial charge in [0.25, 0.3) is 11.8 Å². The van der Waals surface area contributed by atoms with Crippen LogP contribution in [0.1, 0.15) is 26.3 Å². The van der Waals surface area contributed by atoms with Gasteiger partial charge in [-0.1, -0.05) is 0 Å². The number of aryl methyl sites for hydroxylation is 1. The molecule has 2 aliphatic heterocycles. The van der Waals surface area contributed by atoms with E-state index in [0.29, 0.717) is 74.9 Å². The van der Waals surface area contributed by atoms with Gasteiger partial charge in [0, 0.05) is 60.1 Å². The normalized spacial score (nSPS) is 16.4. The molecule has 182 valence electrons. The molecule has 0 spiro atoms. The van der Waals surface area contributed by atoms with E-state index in [1.165, 1.54) is 6.07 Å². The van der Waals surface area contributed by atoms with E-state index < -0.39 is 0 Å². The number of rotatable bonds is 4. The van der Waals surface area contributed by atoms with E-state index in [9.17, 15) is 14.4 Å². The zero-order chi connectivity index (χ0) is 24.4. The molecule has 0 bridgehead atoms. The summed E-state index contributed by atoms with van der Waals surface area (Å²) in [4.78, 5) is 45.1. The van der Waals surface area contributed by atoms with Crippen LogP contribution in [0, 0.1) is 6.92 Å². The van der Waals surface area contributed by atoms with Crippen molar-refractivity contribution in [3.05, 3.63) is 69.5 Å². The van der Waals surface area contributed by atoms with Crippen molar-refractivity contribution in [3.8, 4) is 0 Å². The molecule has 2 amide bonds. The summed E-state index contributed by atoms with van der Waals surface area (Å²) in [5.41, 5.74) is 3.65. The molecule has 3 heterocycles. The van der Waals surface area contributed by atoms with Crippen LogP contribution in [0.15, 0.2) is 47.3 Å². The van der Waals surface area contributed by atoms with Crippen LogP contribution in [0.3, 0.4) is 0 Å². The first kappa shape index (κ1) is 23.1. The number of nitrogens with zero attached hydrogens (tertiary/aromatic N) is 2. The van der Waals surface area contributed by atoms with Gasteiger partial charge in [-0.05, 0) is 48.9 Å². The molecule has 0 atom stereocenters. The third-order valence-corrected chi connectivity index (χ3v) is 6.45. The molecular formula is C26H28N4O5. The number of ether oxygens (including phenoxy) is 2. The van der Waals surface area contributed by atoms with Crippen LogP contribution in [-0.2, 0) is 9.47 Å². The van der Waals surface area contributed by atoms with Crippen molar-refractivity contribution in [2.45, 2.75) is 6.92 Å². The molecule has 9 nitrogen and oxygen atoms in total. The lowest BCUT2D eigenvalue weighted by atomic mass is 10.0. The Morgan fingerprint density at radius 3 is 2.37 bits per heavy atom. The summed E-state index contributed by atoms with van der Waals surface area (Å²) in [7, 11) is 0. The maximum atomic E-state index is 13.5. The van der Waals surface area contributed by atoms with E-state index in [-0.39, 0.29) is 17.4 Å². The van der Waals surface area contributed by atoms with Crippen molar-refractivity contribution in [3.63, 3.8) is 0 Å². The average molecular weight is 477 g/mol. The predicted octanol–water partition coefficient (Wildman–Crippen LogP) is 2.40. The first-order valence-corrected chi connectivity index (χ1v) is 11.8. The Hall–Kier alpha value is -3.69. The summed E-state index contributed by atoms with van der Waals surface area (Å²) in [6, 6.07) is 12.2. The second-order valence-corrected chi connectivity index (χ2v) is 8.77. The molecule has 3 aromatic rings. The Balaban J connectivity index is 1.47. The highest BCUT2D eigenvalue weighted by Crippen LogP contribution is 2.26. The molecule has 9 heteroatoms. The third kappa shape index (κ3) is 4.91. The molecule has 2 aliphatic rings. The molecule has 5 rings (SSSR count). The van der Waals surface area contributed by atoms with Crippen LogP contribution in [0.4, 0.5) is 11.4 Å². The van der Waals surface area contributed by atoms with Crippen molar-refractivity contribution < 1.29 is 19.1 Å². The number of H-pyrrole nitrogens is 1. The van der Waals surface area contributed by atoms with Crippen molar-refractivity contribution in [2.24, 2.45) is 0 Å². The Kier molecular flexibility index (Phi) is 6.52. The molecule has 2 aromatic carbocycles. The van der Waals surface area contributed by atoms with Crippen LogP contribution in [-0.4, -0.2) is 74.3 Å². The summed E-state index contributed by atoms with van der Waals surface area (Å²) in [5.74, 6) is -0.411. The first-order valence-electron chi connectivity index (χ1n) is 11.8. The number of carbonyl (C=O) groups is 2. The molecule has 0 aliphatic carbocycles. The quantitative estimate of drug-likeness (QED) is 0.599. The highest BCUT2D eigenvalue weighted by Gasteiger charge is 2.24. The molecule has 2 fully saturated rings. The van der Waals surface area contributed by atoms with Gasteiger partial charge in [-0.3, -0.25) is 14.4 Å². The summed E-state index contributed by atoms with van der Waals surface area (Å²) in [6.45, 7) is 6.44. The van der Waals surface area contributed by atoms with Crippen LogP contribution in [0.5, 0.6) is 0 Å². The number of hydrogen-bond acceptors (Lipinski definition) is 6. The minimum atomic E-state index is -0.301. The molecular weight excluding hydrogens is 448 g/mol. The second-order valence-electron chi connectivity index (χ2n) is 8.77. The molecule has 0 unspecified atom stereocenters. The van der Waals surface area contributed by atoms with E-state index in [2.05, 4.69) is 15.2 Å². The lowest BCUT2D eigenvalue weighted by Gasteiger charge is -2.31. The third-order valence-electron chi connectivity index (χ3n) is 6.45. The Morgan fingerprint density at radius 2 is 1.63 bits per heavy atom. The van der Waals surface area contributed by atoms with Gasteiger partial charge in [-0.15, -0.1) is 0 Å². The average Bonchev–Trinajstić information content (AvgIpc) is 2.89. The van der Waals surface area contributed by atoms with Gasteiger partial charge in [0.15, 0.2) is 0 Å². The largest absolute Gasteiger partial charge is 0.378 e. The minimum absolute atomic E-state index is 0.110. The van der Waals surface area contributed by atoms with Crippen molar-refractivity contribution in [1.82, 2.24) is 9.88 Å². The number of fused-ring (bicyclic) bond motifs is 1. The predicted molar refractivity (Wildman–Crippen MR) is 133 cm³/mol. The van der Waals surface area contributed by atoms with Gasteiger partial charge in [0.2, 0.25) is 5.56 Å². The number of nitrogens with one attached hydrogen (secondary N) is 2. The number of aromatic nitrogens is 1. The number of hydrogen-bond donors (Lipinski definition) is 2. The zero-order valence-electron chi connectivity index (χ0n) is 19.6. The monoisotopic (exact) mass is 476 g/mol. The smallest absolute Gasteiger partial charge is 0.257 e. The van der Waals surface area contributed by atoms with Gasteiger partial charge in [0.05, 0.1) is 32.0 Å². The van der Waals surface area contributed by atoms with E-state index in [1.54, 1.807) is 29.2 Å². The summed E-state index contributed by atoms with van der Waals surface area (Å²) in [5, 5.41) is 3.84. The topological polar surface area (TPSA) is 104 Å². The number of anilines is 2.